The number of allylic oxidation sites excluding steroid dienone is 1. The quantitative estimate of drug-likeness (QED) is 0.453. The van der Waals surface area contributed by atoms with Gasteiger partial charge in [0, 0.05) is 6.54 Å². The van der Waals surface area contributed by atoms with E-state index in [1.807, 2.05) is 31.2 Å². The Morgan fingerprint density at radius 1 is 1.33 bits per heavy atom. The van der Waals surface area contributed by atoms with E-state index in [9.17, 15) is 18.2 Å². The van der Waals surface area contributed by atoms with Gasteiger partial charge in [0.2, 0.25) is 0 Å². The summed E-state index contributed by atoms with van der Waals surface area (Å²) < 4.78 is 35.4. The van der Waals surface area contributed by atoms with Crippen molar-refractivity contribution in [3.63, 3.8) is 0 Å². The van der Waals surface area contributed by atoms with Crippen LogP contribution in [0.15, 0.2) is 36.4 Å². The van der Waals surface area contributed by atoms with Crippen molar-refractivity contribution in [2.45, 2.75) is 45.3 Å². The van der Waals surface area contributed by atoms with Gasteiger partial charge < -0.3 is 0 Å². The van der Waals surface area contributed by atoms with Crippen LogP contribution in [0.5, 0.6) is 0 Å². The topological polar surface area (TPSA) is 96.0 Å². The highest BCUT2D eigenvalue weighted by molar-refractivity contribution is 7.86. The second kappa shape index (κ2) is 7.80. The van der Waals surface area contributed by atoms with E-state index in [2.05, 4.69) is 30.8 Å². The molecule has 1 atom stereocenters. The van der Waals surface area contributed by atoms with Crippen molar-refractivity contribution in [1.29, 1.82) is 5.26 Å². The molecule has 0 saturated heterocycles. The zero-order chi connectivity index (χ0) is 20.4. The van der Waals surface area contributed by atoms with Crippen molar-refractivity contribution in [2.75, 3.05) is 0 Å². The van der Waals surface area contributed by atoms with Crippen LogP contribution in [0.25, 0.3) is 5.57 Å². The Labute approximate surface area is 161 Å². The summed E-state index contributed by atoms with van der Waals surface area (Å²) in [5.74, 6) is 0. The van der Waals surface area contributed by atoms with Crippen LogP contribution in [0.1, 0.15) is 29.1 Å². The molecule has 0 aliphatic carbocycles. The molecule has 6 nitrogen and oxygen atoms in total. The van der Waals surface area contributed by atoms with Gasteiger partial charge in [-0.25, -0.2) is 0 Å². The van der Waals surface area contributed by atoms with Crippen molar-refractivity contribution < 1.29 is 13.0 Å². The van der Waals surface area contributed by atoms with Gasteiger partial charge in [-0.1, -0.05) is 49.1 Å². The molecule has 144 valence electrons. The highest BCUT2D eigenvalue weighted by atomic mass is 32.2. The average molecular weight is 404 g/mol. The molecular weight excluding hydrogens is 378 g/mol. The zero-order valence-electron chi connectivity index (χ0n) is 16.3. The monoisotopic (exact) mass is 403 g/mol. The Morgan fingerprint density at radius 3 is 2.37 bits per heavy atom. The van der Waals surface area contributed by atoms with Gasteiger partial charge in [0.25, 0.3) is 10.1 Å². The molecule has 1 aromatic carbocycles. The average Bonchev–Trinajstić information content (AvgIpc) is 2.94. The van der Waals surface area contributed by atoms with Crippen LogP contribution < -0.4 is 5.19 Å². The van der Waals surface area contributed by atoms with Crippen molar-refractivity contribution >= 4 is 29.0 Å². The first-order chi connectivity index (χ1) is 12.5. The molecule has 1 unspecified atom stereocenters. The highest BCUT2D eigenvalue weighted by Crippen LogP contribution is 2.28. The lowest BCUT2D eigenvalue weighted by Gasteiger charge is -2.17. The smallest absolute Gasteiger partial charge is 0.277 e. The van der Waals surface area contributed by atoms with E-state index in [1.165, 1.54) is 15.9 Å². The summed E-state index contributed by atoms with van der Waals surface area (Å²) >= 11 is 0. The maximum Gasteiger partial charge on any atom is 0.277 e. The summed E-state index contributed by atoms with van der Waals surface area (Å²) in [4.78, 5) is 0. The minimum Gasteiger partial charge on any atom is -0.285 e. The third-order valence-corrected chi connectivity index (χ3v) is 7.43. The lowest BCUT2D eigenvalue weighted by molar-refractivity contribution is 0.472. The first-order valence-electron chi connectivity index (χ1n) is 8.71. The fourth-order valence-electron chi connectivity index (χ4n) is 2.87. The van der Waals surface area contributed by atoms with Crippen LogP contribution in [0, 0.1) is 18.3 Å². The lowest BCUT2D eigenvalue weighted by Crippen LogP contribution is -2.37. The van der Waals surface area contributed by atoms with Crippen LogP contribution in [0.2, 0.25) is 19.6 Å². The molecule has 0 aliphatic rings. The summed E-state index contributed by atoms with van der Waals surface area (Å²) in [5, 5.41) is 13.7. The predicted molar refractivity (Wildman–Crippen MR) is 110 cm³/mol. The van der Waals surface area contributed by atoms with Gasteiger partial charge in [-0.2, -0.15) is 18.8 Å². The van der Waals surface area contributed by atoms with Crippen LogP contribution in [-0.4, -0.2) is 30.8 Å². The molecule has 1 heterocycles. The van der Waals surface area contributed by atoms with E-state index < -0.39 is 23.4 Å². The number of aryl methyl sites for hydroxylation is 2. The lowest BCUT2D eigenvalue weighted by atomic mass is 10.1. The van der Waals surface area contributed by atoms with Gasteiger partial charge in [-0.15, -0.1) is 0 Å². The molecule has 1 aromatic heterocycles. The van der Waals surface area contributed by atoms with Crippen molar-refractivity contribution in [3.05, 3.63) is 53.4 Å². The third-order valence-electron chi connectivity index (χ3n) is 4.35. The summed E-state index contributed by atoms with van der Waals surface area (Å²) in [6.45, 7) is 10.7. The normalized spacial score (nSPS) is 14.0. The number of nitriles is 1. The van der Waals surface area contributed by atoms with E-state index >= 15 is 0 Å². The van der Waals surface area contributed by atoms with Gasteiger partial charge >= 0.3 is 0 Å². The molecule has 2 rings (SSSR count). The molecule has 0 bridgehead atoms. The fourth-order valence-corrected chi connectivity index (χ4v) is 4.84. The van der Waals surface area contributed by atoms with Gasteiger partial charge in [0.05, 0.1) is 31.1 Å². The maximum absolute atomic E-state index is 12.0. The molecule has 2 aromatic rings. The minimum absolute atomic E-state index is 0.196. The largest absolute Gasteiger partial charge is 0.285 e. The summed E-state index contributed by atoms with van der Waals surface area (Å²) in [7, 11) is -5.94. The molecule has 27 heavy (non-hydrogen) atoms. The predicted octanol–water partition coefficient (Wildman–Crippen LogP) is 3.29. The number of hydrogen-bond acceptors (Lipinski definition) is 4. The van der Waals surface area contributed by atoms with E-state index in [0.717, 1.165) is 0 Å². The van der Waals surface area contributed by atoms with E-state index in [0.29, 0.717) is 23.5 Å². The first-order valence-corrected chi connectivity index (χ1v) is 13.7. The molecule has 0 saturated carbocycles. The van der Waals surface area contributed by atoms with Gasteiger partial charge in [0.1, 0.15) is 5.25 Å². The fraction of sp³-hybridized carbons (Fsp3) is 0.368. The van der Waals surface area contributed by atoms with Crippen LogP contribution in [0.4, 0.5) is 0 Å². The zero-order valence-corrected chi connectivity index (χ0v) is 18.1. The molecule has 0 fully saturated rings. The van der Waals surface area contributed by atoms with E-state index in [4.69, 9.17) is 0 Å². The Bertz CT molecular complexity index is 994. The van der Waals surface area contributed by atoms with Gasteiger partial charge in [0.15, 0.2) is 0 Å². The van der Waals surface area contributed by atoms with Crippen LogP contribution >= 0.6 is 0 Å². The van der Waals surface area contributed by atoms with Crippen molar-refractivity contribution in [2.24, 2.45) is 0 Å². The Morgan fingerprint density at radius 2 is 1.93 bits per heavy atom. The number of nitrogens with zero attached hydrogens (tertiary/aromatic N) is 3. The Kier molecular flexibility index (Phi) is 6.09. The van der Waals surface area contributed by atoms with Crippen molar-refractivity contribution in [1.82, 2.24) is 9.78 Å². The summed E-state index contributed by atoms with van der Waals surface area (Å²) in [5.41, 5.74) is 1.80. The third kappa shape index (κ3) is 4.94. The minimum atomic E-state index is -4.46. The van der Waals surface area contributed by atoms with Gasteiger partial charge in [-0.3, -0.25) is 9.23 Å². The Balaban J connectivity index is 2.56. The maximum atomic E-state index is 12.0. The van der Waals surface area contributed by atoms with E-state index in [-0.39, 0.29) is 5.57 Å². The second-order valence-electron chi connectivity index (χ2n) is 7.48. The highest BCUT2D eigenvalue weighted by Gasteiger charge is 2.28. The van der Waals surface area contributed by atoms with Crippen LogP contribution in [0.3, 0.4) is 0 Å². The summed E-state index contributed by atoms with van der Waals surface area (Å²) in [6.07, 6.45) is 1.29. The number of aromatic nitrogens is 2. The molecule has 0 radical (unpaired) electrons. The SMILES string of the molecule is CCn1nc(C)cc1C(C=C(C#N)c1ccc([Si](C)(C)C)cc1)S(=O)(=O)O. The van der Waals surface area contributed by atoms with Gasteiger partial charge in [-0.05, 0) is 31.6 Å². The molecule has 1 N–H and O–H groups in total. The number of hydrogen-bond donors (Lipinski definition) is 1. The molecule has 0 amide bonds. The molecule has 0 spiro atoms. The summed E-state index contributed by atoms with van der Waals surface area (Å²) in [6, 6.07) is 11.3. The van der Waals surface area contributed by atoms with E-state index in [1.54, 1.807) is 13.0 Å². The molecule has 0 aliphatic heterocycles. The van der Waals surface area contributed by atoms with Crippen molar-refractivity contribution in [3.8, 4) is 6.07 Å². The molecule has 8 heteroatoms. The number of rotatable bonds is 6. The standard InChI is InChI=1S/C19H25N3O3SSi/c1-6-22-18(11-14(2)21-22)19(26(23,24)25)12-16(13-20)15-7-9-17(10-8-15)27(3,4)5/h7-12,19H,6H2,1-5H3,(H,23,24,25). The first kappa shape index (κ1) is 21.1. The second-order valence-corrected chi connectivity index (χ2v) is 14.1. The Hall–Kier alpha value is -2.21. The number of benzene rings is 1. The molecular formula is C19H25N3O3SSi. The van der Waals surface area contributed by atoms with Crippen LogP contribution in [-0.2, 0) is 16.7 Å².